The fourth-order valence-electron chi connectivity index (χ4n) is 2.77. The van der Waals surface area contributed by atoms with Gasteiger partial charge < -0.3 is 9.64 Å². The van der Waals surface area contributed by atoms with E-state index in [1.54, 1.807) is 17.0 Å². The standard InChI is InChI=1S/C16H17FN4O2/c1-23-15-9-14(18-10-19-15)20-16(22)21-7-3-6-13(21)11-4-2-5-12(17)8-11/h2,4-5,8-10,13H,3,6-7H2,1H3,(H,18,19,20,22)/t13-/m1/s1. The van der Waals surface area contributed by atoms with Crippen molar-refractivity contribution in [2.75, 3.05) is 19.0 Å². The summed E-state index contributed by atoms with van der Waals surface area (Å²) >= 11 is 0. The van der Waals surface area contributed by atoms with Gasteiger partial charge in [0, 0.05) is 12.6 Å². The van der Waals surface area contributed by atoms with Crippen LogP contribution in [0.2, 0.25) is 0 Å². The third-order valence-corrected chi connectivity index (χ3v) is 3.83. The molecule has 1 atom stereocenters. The smallest absolute Gasteiger partial charge is 0.323 e. The third kappa shape index (κ3) is 3.39. The molecule has 2 heterocycles. The molecule has 0 spiro atoms. The first-order valence-electron chi connectivity index (χ1n) is 7.36. The Morgan fingerprint density at radius 1 is 1.39 bits per heavy atom. The van der Waals surface area contributed by atoms with Gasteiger partial charge in [0.15, 0.2) is 0 Å². The monoisotopic (exact) mass is 316 g/mol. The number of rotatable bonds is 3. The number of aromatic nitrogens is 2. The minimum atomic E-state index is -0.296. The molecule has 0 unspecified atom stereocenters. The number of carbonyl (C=O) groups is 1. The largest absolute Gasteiger partial charge is 0.481 e. The maximum absolute atomic E-state index is 13.4. The Morgan fingerprint density at radius 2 is 2.26 bits per heavy atom. The molecule has 1 aromatic heterocycles. The first-order chi connectivity index (χ1) is 11.2. The van der Waals surface area contributed by atoms with E-state index < -0.39 is 0 Å². The fraction of sp³-hybridized carbons (Fsp3) is 0.312. The van der Waals surface area contributed by atoms with Crippen molar-refractivity contribution < 1.29 is 13.9 Å². The van der Waals surface area contributed by atoms with Gasteiger partial charge in [-0.2, -0.15) is 0 Å². The number of hydrogen-bond donors (Lipinski definition) is 1. The summed E-state index contributed by atoms with van der Waals surface area (Å²) in [5.41, 5.74) is 0.804. The molecule has 2 aromatic rings. The van der Waals surface area contributed by atoms with Crippen LogP contribution >= 0.6 is 0 Å². The quantitative estimate of drug-likeness (QED) is 0.945. The molecule has 23 heavy (non-hydrogen) atoms. The maximum Gasteiger partial charge on any atom is 0.323 e. The number of urea groups is 1. The first-order valence-corrected chi connectivity index (χ1v) is 7.36. The Balaban J connectivity index is 1.75. The number of amides is 2. The minimum absolute atomic E-state index is 0.130. The number of ether oxygens (including phenoxy) is 1. The summed E-state index contributed by atoms with van der Waals surface area (Å²) in [6.07, 6.45) is 3.01. The van der Waals surface area contributed by atoms with Crippen LogP contribution in [0.5, 0.6) is 5.88 Å². The van der Waals surface area contributed by atoms with Gasteiger partial charge >= 0.3 is 6.03 Å². The SMILES string of the molecule is COc1cc(NC(=O)N2CCC[C@@H]2c2cccc(F)c2)ncn1. The summed E-state index contributed by atoms with van der Waals surface area (Å²) in [5, 5.41) is 2.74. The van der Waals surface area contributed by atoms with Gasteiger partial charge in [-0.05, 0) is 30.5 Å². The summed E-state index contributed by atoms with van der Waals surface area (Å²) in [4.78, 5) is 22.1. The van der Waals surface area contributed by atoms with Crippen LogP contribution in [-0.2, 0) is 0 Å². The second-order valence-electron chi connectivity index (χ2n) is 5.28. The van der Waals surface area contributed by atoms with E-state index in [4.69, 9.17) is 4.74 Å². The number of likely N-dealkylation sites (tertiary alicyclic amines) is 1. The van der Waals surface area contributed by atoms with Crippen LogP contribution in [0.1, 0.15) is 24.4 Å². The van der Waals surface area contributed by atoms with Crippen LogP contribution in [0.4, 0.5) is 15.0 Å². The van der Waals surface area contributed by atoms with Crippen LogP contribution in [0.15, 0.2) is 36.7 Å². The second kappa shape index (κ2) is 6.60. The van der Waals surface area contributed by atoms with Crippen LogP contribution in [0, 0.1) is 5.82 Å². The van der Waals surface area contributed by atoms with E-state index in [1.165, 1.54) is 25.6 Å². The molecule has 7 heteroatoms. The van der Waals surface area contributed by atoms with Crippen LogP contribution in [0.25, 0.3) is 0 Å². The lowest BCUT2D eigenvalue weighted by Crippen LogP contribution is -2.34. The molecule has 6 nitrogen and oxygen atoms in total. The van der Waals surface area contributed by atoms with Crippen molar-refractivity contribution in [1.82, 2.24) is 14.9 Å². The predicted molar refractivity (Wildman–Crippen MR) is 82.7 cm³/mol. The first kappa shape index (κ1) is 15.2. The molecular formula is C16H17FN4O2. The van der Waals surface area contributed by atoms with E-state index >= 15 is 0 Å². The lowest BCUT2D eigenvalue weighted by atomic mass is 10.0. The molecular weight excluding hydrogens is 299 g/mol. The van der Waals surface area contributed by atoms with Gasteiger partial charge in [-0.3, -0.25) is 5.32 Å². The van der Waals surface area contributed by atoms with E-state index in [0.29, 0.717) is 18.2 Å². The number of hydrogen-bond acceptors (Lipinski definition) is 4. The summed E-state index contributed by atoms with van der Waals surface area (Å²) in [7, 11) is 1.49. The maximum atomic E-state index is 13.4. The average molecular weight is 316 g/mol. The Morgan fingerprint density at radius 3 is 3.04 bits per heavy atom. The van der Waals surface area contributed by atoms with Crippen molar-refractivity contribution in [2.45, 2.75) is 18.9 Å². The Labute approximate surface area is 133 Å². The van der Waals surface area contributed by atoms with Crippen LogP contribution < -0.4 is 10.1 Å². The van der Waals surface area contributed by atoms with Gasteiger partial charge in [0.1, 0.15) is 18.0 Å². The highest BCUT2D eigenvalue weighted by Crippen LogP contribution is 2.32. The van der Waals surface area contributed by atoms with Crippen molar-refractivity contribution in [3.05, 3.63) is 48.0 Å². The molecule has 0 bridgehead atoms. The van der Waals surface area contributed by atoms with Gasteiger partial charge in [0.05, 0.1) is 13.2 Å². The van der Waals surface area contributed by atoms with E-state index in [2.05, 4.69) is 15.3 Å². The number of nitrogens with zero attached hydrogens (tertiary/aromatic N) is 3. The summed E-state index contributed by atoms with van der Waals surface area (Å²) in [5.74, 6) is 0.445. The number of methoxy groups -OCH3 is 1. The highest BCUT2D eigenvalue weighted by molar-refractivity contribution is 5.88. The normalized spacial score (nSPS) is 17.1. The number of benzene rings is 1. The number of halogens is 1. The van der Waals surface area contributed by atoms with Crippen molar-refractivity contribution >= 4 is 11.8 Å². The molecule has 120 valence electrons. The zero-order valence-corrected chi connectivity index (χ0v) is 12.7. The summed E-state index contributed by atoms with van der Waals surface area (Å²) in [6.45, 7) is 0.620. The Hall–Kier alpha value is -2.70. The molecule has 0 aliphatic carbocycles. The molecule has 1 aliphatic rings. The minimum Gasteiger partial charge on any atom is -0.481 e. The van der Waals surface area contributed by atoms with Gasteiger partial charge in [0.25, 0.3) is 0 Å². The van der Waals surface area contributed by atoms with E-state index in [1.807, 2.05) is 6.07 Å². The molecule has 2 amide bonds. The number of anilines is 1. The topological polar surface area (TPSA) is 67.3 Å². The van der Waals surface area contributed by atoms with Crippen molar-refractivity contribution in [3.63, 3.8) is 0 Å². The summed E-state index contributed by atoms with van der Waals surface area (Å²) in [6, 6.07) is 7.53. The van der Waals surface area contributed by atoms with Gasteiger partial charge in [-0.15, -0.1) is 0 Å². The summed E-state index contributed by atoms with van der Waals surface area (Å²) < 4.78 is 18.4. The molecule has 1 fully saturated rings. The van der Waals surface area contributed by atoms with Crippen molar-refractivity contribution in [1.29, 1.82) is 0 Å². The second-order valence-corrected chi connectivity index (χ2v) is 5.28. The number of carbonyl (C=O) groups excluding carboxylic acids is 1. The molecule has 1 aromatic carbocycles. The zero-order valence-electron chi connectivity index (χ0n) is 12.7. The van der Waals surface area contributed by atoms with E-state index in [-0.39, 0.29) is 17.9 Å². The van der Waals surface area contributed by atoms with Crippen molar-refractivity contribution in [2.24, 2.45) is 0 Å². The van der Waals surface area contributed by atoms with E-state index in [0.717, 1.165) is 18.4 Å². The number of nitrogens with one attached hydrogen (secondary N) is 1. The lowest BCUT2D eigenvalue weighted by Gasteiger charge is -2.25. The van der Waals surface area contributed by atoms with Gasteiger partial charge in [-0.1, -0.05) is 12.1 Å². The Kier molecular flexibility index (Phi) is 4.36. The van der Waals surface area contributed by atoms with Gasteiger partial charge in [0.2, 0.25) is 5.88 Å². The molecule has 3 rings (SSSR count). The predicted octanol–water partition coefficient (Wildman–Crippen LogP) is 2.99. The molecule has 0 radical (unpaired) electrons. The molecule has 1 aliphatic heterocycles. The molecule has 0 saturated carbocycles. The average Bonchev–Trinajstić information content (AvgIpc) is 3.05. The Bertz CT molecular complexity index is 710. The van der Waals surface area contributed by atoms with Crippen LogP contribution in [-0.4, -0.2) is 34.6 Å². The fourth-order valence-corrected chi connectivity index (χ4v) is 2.77. The van der Waals surface area contributed by atoms with Crippen LogP contribution in [0.3, 0.4) is 0 Å². The van der Waals surface area contributed by atoms with E-state index in [9.17, 15) is 9.18 Å². The molecule has 1 saturated heterocycles. The highest BCUT2D eigenvalue weighted by Gasteiger charge is 2.30. The third-order valence-electron chi connectivity index (χ3n) is 3.83. The van der Waals surface area contributed by atoms with Gasteiger partial charge in [-0.25, -0.2) is 19.2 Å². The molecule has 1 N–H and O–H groups in total. The lowest BCUT2D eigenvalue weighted by molar-refractivity contribution is 0.207. The van der Waals surface area contributed by atoms with Crippen molar-refractivity contribution in [3.8, 4) is 5.88 Å². The highest BCUT2D eigenvalue weighted by atomic mass is 19.1. The zero-order chi connectivity index (χ0) is 16.2.